The Kier molecular flexibility index (Phi) is 4.54. The maximum atomic E-state index is 13.7. The van der Waals surface area contributed by atoms with Crippen molar-refractivity contribution < 1.29 is 9.18 Å². The van der Waals surface area contributed by atoms with Gasteiger partial charge in [0.1, 0.15) is 15.7 Å². The minimum absolute atomic E-state index is 0.135. The van der Waals surface area contributed by atoms with Gasteiger partial charge >= 0.3 is 0 Å². The van der Waals surface area contributed by atoms with Crippen LogP contribution in [-0.2, 0) is 6.54 Å². The van der Waals surface area contributed by atoms with Gasteiger partial charge in [-0.05, 0) is 24.4 Å². The van der Waals surface area contributed by atoms with Crippen LogP contribution >= 0.6 is 22.7 Å². The molecule has 0 unspecified atom stereocenters. The molecule has 1 aromatic carbocycles. The van der Waals surface area contributed by atoms with E-state index in [1.54, 1.807) is 36.6 Å². The molecule has 1 amide bonds. The van der Waals surface area contributed by atoms with Crippen molar-refractivity contribution in [3.8, 4) is 10.6 Å². The molecule has 0 aliphatic carbocycles. The van der Waals surface area contributed by atoms with Crippen molar-refractivity contribution in [2.45, 2.75) is 13.5 Å². The number of benzene rings is 1. The molecule has 2 heterocycles. The molecule has 6 heteroatoms. The number of rotatable bonds is 4. The first-order chi connectivity index (χ1) is 11.1. The van der Waals surface area contributed by atoms with Gasteiger partial charge < -0.3 is 4.90 Å². The first-order valence-electron chi connectivity index (χ1n) is 7.05. The molecule has 0 N–H and O–H groups in total. The van der Waals surface area contributed by atoms with E-state index in [4.69, 9.17) is 0 Å². The number of thiazole rings is 1. The van der Waals surface area contributed by atoms with Gasteiger partial charge in [-0.15, -0.1) is 11.3 Å². The van der Waals surface area contributed by atoms with Gasteiger partial charge in [0.05, 0.1) is 5.69 Å². The molecular formula is C17H15FN2OS2. The molecule has 0 radical (unpaired) electrons. The Labute approximate surface area is 142 Å². The fourth-order valence-corrected chi connectivity index (χ4v) is 4.00. The van der Waals surface area contributed by atoms with Crippen molar-refractivity contribution >= 4 is 28.6 Å². The van der Waals surface area contributed by atoms with Crippen molar-refractivity contribution in [2.75, 3.05) is 7.05 Å². The summed E-state index contributed by atoms with van der Waals surface area (Å²) in [6, 6.07) is 8.49. The first-order valence-corrected chi connectivity index (χ1v) is 8.81. The normalized spacial score (nSPS) is 10.7. The Bertz CT molecular complexity index is 827. The Morgan fingerprint density at radius 2 is 2.09 bits per heavy atom. The number of hydrogen-bond donors (Lipinski definition) is 0. The Morgan fingerprint density at radius 3 is 2.78 bits per heavy atom. The summed E-state index contributed by atoms with van der Waals surface area (Å²) >= 11 is 2.98. The zero-order valence-electron chi connectivity index (χ0n) is 12.7. The second-order valence-corrected chi connectivity index (χ2v) is 6.98. The van der Waals surface area contributed by atoms with Crippen LogP contribution in [0.1, 0.15) is 20.9 Å². The lowest BCUT2D eigenvalue weighted by Crippen LogP contribution is -2.26. The zero-order valence-corrected chi connectivity index (χ0v) is 14.4. The topological polar surface area (TPSA) is 33.2 Å². The minimum atomic E-state index is -0.299. The van der Waals surface area contributed by atoms with E-state index in [0.29, 0.717) is 16.1 Å². The van der Waals surface area contributed by atoms with E-state index in [2.05, 4.69) is 4.98 Å². The molecule has 0 saturated carbocycles. The maximum absolute atomic E-state index is 13.7. The van der Waals surface area contributed by atoms with Crippen molar-refractivity contribution in [1.82, 2.24) is 9.88 Å². The molecule has 0 aliphatic rings. The van der Waals surface area contributed by atoms with Crippen LogP contribution in [0.5, 0.6) is 0 Å². The number of aryl methyl sites for hydroxylation is 1. The number of aromatic nitrogens is 1. The zero-order chi connectivity index (χ0) is 16.4. The predicted molar refractivity (Wildman–Crippen MR) is 92.4 cm³/mol. The summed E-state index contributed by atoms with van der Waals surface area (Å²) in [4.78, 5) is 19.3. The lowest BCUT2D eigenvalue weighted by Gasteiger charge is -2.17. The number of carbonyl (C=O) groups is 1. The number of hydrogen-bond acceptors (Lipinski definition) is 4. The molecule has 0 saturated heterocycles. The molecule has 23 heavy (non-hydrogen) atoms. The molecule has 0 atom stereocenters. The molecule has 0 fully saturated rings. The van der Waals surface area contributed by atoms with Crippen LogP contribution in [0.3, 0.4) is 0 Å². The molecule has 118 valence electrons. The number of thiophene rings is 1. The molecule has 0 bridgehead atoms. The van der Waals surface area contributed by atoms with E-state index in [-0.39, 0.29) is 18.3 Å². The summed E-state index contributed by atoms with van der Waals surface area (Å²) in [5.41, 5.74) is 2.24. The predicted octanol–water partition coefficient (Wildman–Crippen LogP) is 4.59. The number of amides is 1. The molecule has 0 spiro atoms. The van der Waals surface area contributed by atoms with Gasteiger partial charge in [-0.1, -0.05) is 18.2 Å². The van der Waals surface area contributed by atoms with E-state index < -0.39 is 0 Å². The van der Waals surface area contributed by atoms with Gasteiger partial charge in [0.2, 0.25) is 0 Å². The van der Waals surface area contributed by atoms with Crippen LogP contribution in [0.15, 0.2) is 41.1 Å². The van der Waals surface area contributed by atoms with E-state index in [1.807, 2.05) is 23.8 Å². The van der Waals surface area contributed by atoms with Gasteiger partial charge in [0.15, 0.2) is 0 Å². The summed E-state index contributed by atoms with van der Waals surface area (Å²) < 4.78 is 13.7. The third-order valence-corrected chi connectivity index (χ3v) is 5.35. The summed E-state index contributed by atoms with van der Waals surface area (Å²) in [5, 5.41) is 4.83. The van der Waals surface area contributed by atoms with Crippen molar-refractivity contribution in [2.24, 2.45) is 0 Å². The quantitative estimate of drug-likeness (QED) is 0.692. The van der Waals surface area contributed by atoms with Gasteiger partial charge in [0.25, 0.3) is 5.91 Å². The summed E-state index contributed by atoms with van der Waals surface area (Å²) in [7, 11) is 1.68. The monoisotopic (exact) mass is 346 g/mol. The van der Waals surface area contributed by atoms with Crippen LogP contribution in [0.4, 0.5) is 4.39 Å². The third kappa shape index (κ3) is 3.33. The van der Waals surface area contributed by atoms with Gasteiger partial charge in [-0.25, -0.2) is 9.37 Å². The Hall–Kier alpha value is -2.05. The van der Waals surface area contributed by atoms with Crippen LogP contribution in [0.25, 0.3) is 10.6 Å². The molecule has 2 aromatic heterocycles. The molecule has 3 aromatic rings. The van der Waals surface area contributed by atoms with Gasteiger partial charge in [-0.2, -0.15) is 11.3 Å². The lowest BCUT2D eigenvalue weighted by molar-refractivity contribution is 0.0787. The van der Waals surface area contributed by atoms with Crippen LogP contribution in [0, 0.1) is 12.7 Å². The third-order valence-electron chi connectivity index (χ3n) is 3.47. The summed E-state index contributed by atoms with van der Waals surface area (Å²) in [6.07, 6.45) is 0. The van der Waals surface area contributed by atoms with E-state index in [1.165, 1.54) is 22.3 Å². The van der Waals surface area contributed by atoms with E-state index in [9.17, 15) is 9.18 Å². The summed E-state index contributed by atoms with van der Waals surface area (Å²) in [6.45, 7) is 2.06. The number of halogens is 1. The minimum Gasteiger partial charge on any atom is -0.337 e. The molecule has 0 aliphatic heterocycles. The van der Waals surface area contributed by atoms with E-state index in [0.717, 1.165) is 10.6 Å². The highest BCUT2D eigenvalue weighted by molar-refractivity contribution is 7.17. The van der Waals surface area contributed by atoms with Crippen LogP contribution in [-0.4, -0.2) is 22.8 Å². The highest BCUT2D eigenvalue weighted by Gasteiger charge is 2.20. The second kappa shape index (κ2) is 6.60. The maximum Gasteiger partial charge on any atom is 0.265 e. The molecule has 3 nitrogen and oxygen atoms in total. The van der Waals surface area contributed by atoms with Gasteiger partial charge in [-0.3, -0.25) is 4.79 Å². The fourth-order valence-electron chi connectivity index (χ4n) is 2.23. The highest BCUT2D eigenvalue weighted by Crippen LogP contribution is 2.30. The standard InChI is InChI=1S/C17H15FN2OS2/c1-11-15(23-16(19-11)13-7-8-22-10-13)17(21)20(2)9-12-5-3-4-6-14(12)18/h3-8,10H,9H2,1-2H3. The van der Waals surface area contributed by atoms with Crippen molar-refractivity contribution in [3.05, 3.63) is 63.0 Å². The van der Waals surface area contributed by atoms with Crippen molar-refractivity contribution in [3.63, 3.8) is 0 Å². The van der Waals surface area contributed by atoms with Gasteiger partial charge in [0, 0.05) is 30.1 Å². The van der Waals surface area contributed by atoms with Crippen LogP contribution < -0.4 is 0 Å². The average molecular weight is 346 g/mol. The Balaban J connectivity index is 1.81. The Morgan fingerprint density at radius 1 is 1.30 bits per heavy atom. The number of nitrogens with zero attached hydrogens (tertiary/aromatic N) is 2. The highest BCUT2D eigenvalue weighted by atomic mass is 32.1. The smallest absolute Gasteiger partial charge is 0.265 e. The largest absolute Gasteiger partial charge is 0.337 e. The first kappa shape index (κ1) is 15.8. The SMILES string of the molecule is Cc1nc(-c2ccsc2)sc1C(=O)N(C)Cc1ccccc1F. The van der Waals surface area contributed by atoms with E-state index >= 15 is 0 Å². The summed E-state index contributed by atoms with van der Waals surface area (Å²) in [5.74, 6) is -0.433. The fraction of sp³-hybridized carbons (Fsp3) is 0.176. The lowest BCUT2D eigenvalue weighted by atomic mass is 10.2. The number of carbonyl (C=O) groups excluding carboxylic acids is 1. The van der Waals surface area contributed by atoms with Crippen LogP contribution in [0.2, 0.25) is 0 Å². The average Bonchev–Trinajstić information content (AvgIpc) is 3.18. The van der Waals surface area contributed by atoms with Crippen molar-refractivity contribution in [1.29, 1.82) is 0 Å². The molecular weight excluding hydrogens is 331 g/mol. The second-order valence-electron chi connectivity index (χ2n) is 5.20. The molecule has 3 rings (SSSR count).